The fourth-order valence-corrected chi connectivity index (χ4v) is 0.656. The zero-order chi connectivity index (χ0) is 7.56. The quantitative estimate of drug-likeness (QED) is 0.451. The first-order valence-corrected chi connectivity index (χ1v) is 2.72. The molecule has 0 heterocycles. The van der Waals surface area contributed by atoms with E-state index in [1.54, 1.807) is 6.07 Å². The van der Waals surface area contributed by atoms with Gasteiger partial charge in [-0.1, -0.05) is 0 Å². The van der Waals surface area contributed by atoms with Gasteiger partial charge >= 0.3 is 0 Å². The molecule has 0 spiro atoms. The summed E-state index contributed by atoms with van der Waals surface area (Å²) in [5, 5.41) is 2.68. The Morgan fingerprint density at radius 1 is 1.30 bits per heavy atom. The van der Waals surface area contributed by atoms with Gasteiger partial charge in [0.15, 0.2) is 0 Å². The van der Waals surface area contributed by atoms with Crippen LogP contribution in [0.25, 0.3) is 0 Å². The monoisotopic (exact) mass is 137 g/mol. The van der Waals surface area contributed by atoms with Crippen LogP contribution in [0.3, 0.4) is 0 Å². The SMILES string of the molecule is Nc1ccc(N=O)c(N)c1. The van der Waals surface area contributed by atoms with Crippen molar-refractivity contribution in [1.82, 2.24) is 0 Å². The Balaban J connectivity index is 3.19. The van der Waals surface area contributed by atoms with Crippen molar-refractivity contribution in [2.45, 2.75) is 0 Å². The molecule has 1 rings (SSSR count). The van der Waals surface area contributed by atoms with Gasteiger partial charge < -0.3 is 11.5 Å². The van der Waals surface area contributed by atoms with Crippen LogP contribution in [-0.2, 0) is 0 Å². The summed E-state index contributed by atoms with van der Waals surface area (Å²) in [5.41, 5.74) is 11.8. The number of anilines is 2. The highest BCUT2D eigenvalue weighted by molar-refractivity contribution is 5.67. The van der Waals surface area contributed by atoms with E-state index in [0.29, 0.717) is 11.4 Å². The van der Waals surface area contributed by atoms with Gasteiger partial charge in [0.1, 0.15) is 5.69 Å². The minimum Gasteiger partial charge on any atom is -0.399 e. The molecular formula is C6H7N3O. The molecule has 0 unspecified atom stereocenters. The molecule has 0 aromatic heterocycles. The van der Waals surface area contributed by atoms with Gasteiger partial charge in [0.25, 0.3) is 0 Å². The van der Waals surface area contributed by atoms with E-state index in [-0.39, 0.29) is 5.69 Å². The number of nitrogen functional groups attached to an aromatic ring is 2. The molecule has 0 aliphatic heterocycles. The number of hydrogen-bond acceptors (Lipinski definition) is 4. The molecular weight excluding hydrogens is 130 g/mol. The number of hydrogen-bond donors (Lipinski definition) is 2. The van der Waals surface area contributed by atoms with Crippen molar-refractivity contribution >= 4 is 17.1 Å². The molecule has 0 radical (unpaired) electrons. The Morgan fingerprint density at radius 3 is 2.50 bits per heavy atom. The third-order valence-electron chi connectivity index (χ3n) is 1.15. The highest BCUT2D eigenvalue weighted by Gasteiger charge is 1.96. The van der Waals surface area contributed by atoms with Crippen LogP contribution >= 0.6 is 0 Å². The maximum absolute atomic E-state index is 9.97. The molecule has 0 aliphatic rings. The third-order valence-corrected chi connectivity index (χ3v) is 1.15. The lowest BCUT2D eigenvalue weighted by molar-refractivity contribution is 1.50. The lowest BCUT2D eigenvalue weighted by Gasteiger charge is -1.96. The standard InChI is InChI=1S/C6H7N3O/c7-4-1-2-6(9-10)5(8)3-4/h1-3H,7-8H2. The number of nitrogens with two attached hydrogens (primary N) is 2. The van der Waals surface area contributed by atoms with E-state index in [2.05, 4.69) is 5.18 Å². The van der Waals surface area contributed by atoms with E-state index in [1.165, 1.54) is 12.1 Å². The van der Waals surface area contributed by atoms with E-state index >= 15 is 0 Å². The molecule has 4 nitrogen and oxygen atoms in total. The molecule has 0 saturated carbocycles. The fourth-order valence-electron chi connectivity index (χ4n) is 0.656. The van der Waals surface area contributed by atoms with E-state index in [0.717, 1.165) is 0 Å². The van der Waals surface area contributed by atoms with E-state index < -0.39 is 0 Å². The molecule has 52 valence electrons. The summed E-state index contributed by atoms with van der Waals surface area (Å²) in [6, 6.07) is 4.56. The normalized spacial score (nSPS) is 9.20. The molecule has 1 aromatic rings. The van der Waals surface area contributed by atoms with Crippen LogP contribution < -0.4 is 11.5 Å². The van der Waals surface area contributed by atoms with Crippen molar-refractivity contribution in [2.75, 3.05) is 11.5 Å². The maximum Gasteiger partial charge on any atom is 0.131 e. The third kappa shape index (κ3) is 1.05. The van der Waals surface area contributed by atoms with Gasteiger partial charge in [0.2, 0.25) is 0 Å². The second kappa shape index (κ2) is 2.34. The van der Waals surface area contributed by atoms with Gasteiger partial charge in [0, 0.05) is 5.69 Å². The summed E-state index contributed by atoms with van der Waals surface area (Å²) in [5.74, 6) is 0. The molecule has 4 N–H and O–H groups in total. The number of rotatable bonds is 1. The van der Waals surface area contributed by atoms with Crippen molar-refractivity contribution in [1.29, 1.82) is 0 Å². The highest BCUT2D eigenvalue weighted by Crippen LogP contribution is 2.22. The molecule has 0 saturated heterocycles. The fraction of sp³-hybridized carbons (Fsp3) is 0. The summed E-state index contributed by atoms with van der Waals surface area (Å²) in [4.78, 5) is 9.97. The van der Waals surface area contributed by atoms with Gasteiger partial charge in [-0.3, -0.25) is 0 Å². The maximum atomic E-state index is 9.97. The van der Waals surface area contributed by atoms with Gasteiger partial charge in [-0.2, -0.15) is 0 Å². The Morgan fingerprint density at radius 2 is 2.00 bits per heavy atom. The van der Waals surface area contributed by atoms with Crippen LogP contribution in [0.5, 0.6) is 0 Å². The predicted molar refractivity (Wildman–Crippen MR) is 40.7 cm³/mol. The molecule has 10 heavy (non-hydrogen) atoms. The van der Waals surface area contributed by atoms with Crippen molar-refractivity contribution in [3.05, 3.63) is 23.1 Å². The van der Waals surface area contributed by atoms with Crippen molar-refractivity contribution in [3.8, 4) is 0 Å². The minimum absolute atomic E-state index is 0.231. The second-order valence-electron chi connectivity index (χ2n) is 1.91. The molecule has 0 aliphatic carbocycles. The molecule has 0 amide bonds. The molecule has 0 atom stereocenters. The summed E-state index contributed by atoms with van der Waals surface area (Å²) < 4.78 is 0. The van der Waals surface area contributed by atoms with Crippen molar-refractivity contribution < 1.29 is 0 Å². The second-order valence-corrected chi connectivity index (χ2v) is 1.91. The van der Waals surface area contributed by atoms with Gasteiger partial charge in [-0.25, -0.2) is 0 Å². The number of benzene rings is 1. The first-order chi connectivity index (χ1) is 4.74. The van der Waals surface area contributed by atoms with Gasteiger partial charge in [-0.15, -0.1) is 4.91 Å². The van der Waals surface area contributed by atoms with Crippen molar-refractivity contribution in [2.24, 2.45) is 5.18 Å². The first kappa shape index (κ1) is 6.54. The molecule has 4 heteroatoms. The zero-order valence-electron chi connectivity index (χ0n) is 5.24. The zero-order valence-corrected chi connectivity index (χ0v) is 5.24. The van der Waals surface area contributed by atoms with Gasteiger partial charge in [-0.05, 0) is 23.4 Å². The van der Waals surface area contributed by atoms with Gasteiger partial charge in [0.05, 0.1) is 5.69 Å². The molecule has 0 fully saturated rings. The van der Waals surface area contributed by atoms with Crippen molar-refractivity contribution in [3.63, 3.8) is 0 Å². The van der Waals surface area contributed by atoms with E-state index in [1.807, 2.05) is 0 Å². The Labute approximate surface area is 57.8 Å². The summed E-state index contributed by atoms with van der Waals surface area (Å²) in [7, 11) is 0. The topological polar surface area (TPSA) is 81.5 Å². The first-order valence-electron chi connectivity index (χ1n) is 2.72. The van der Waals surface area contributed by atoms with Crippen LogP contribution in [-0.4, -0.2) is 0 Å². The Bertz CT molecular complexity index is 259. The lowest BCUT2D eigenvalue weighted by Crippen LogP contribution is -1.88. The minimum atomic E-state index is 0.231. The lowest BCUT2D eigenvalue weighted by atomic mass is 10.2. The Hall–Kier alpha value is -1.58. The summed E-state index contributed by atoms with van der Waals surface area (Å²) in [6.07, 6.45) is 0. The number of nitroso groups, excluding NO2 is 1. The average molecular weight is 137 g/mol. The summed E-state index contributed by atoms with van der Waals surface area (Å²) in [6.45, 7) is 0. The van der Waals surface area contributed by atoms with Crippen LogP contribution in [0.4, 0.5) is 17.1 Å². The van der Waals surface area contributed by atoms with E-state index in [4.69, 9.17) is 11.5 Å². The van der Waals surface area contributed by atoms with Crippen LogP contribution in [0.1, 0.15) is 0 Å². The van der Waals surface area contributed by atoms with E-state index in [9.17, 15) is 4.91 Å². The van der Waals surface area contributed by atoms with Crippen LogP contribution in [0.15, 0.2) is 23.4 Å². The summed E-state index contributed by atoms with van der Waals surface area (Å²) >= 11 is 0. The van der Waals surface area contributed by atoms with Crippen LogP contribution in [0.2, 0.25) is 0 Å². The predicted octanol–water partition coefficient (Wildman–Crippen LogP) is 1.25. The molecule has 0 bridgehead atoms. The van der Waals surface area contributed by atoms with Crippen LogP contribution in [0, 0.1) is 4.91 Å². The smallest absolute Gasteiger partial charge is 0.131 e. The Kier molecular flexibility index (Phi) is 1.53. The number of nitrogens with zero attached hydrogens (tertiary/aromatic N) is 1. The molecule has 1 aromatic carbocycles. The average Bonchev–Trinajstić information content (AvgIpc) is 1.88. The largest absolute Gasteiger partial charge is 0.399 e. The highest BCUT2D eigenvalue weighted by atomic mass is 16.3.